The minimum absolute atomic E-state index is 0.00268. The Kier molecular flexibility index (Phi) is 4.95. The molecule has 5 heteroatoms. The second kappa shape index (κ2) is 5.80. The number of rotatable bonds is 5. The van der Waals surface area contributed by atoms with Crippen LogP contribution in [-0.2, 0) is 10.0 Å². The van der Waals surface area contributed by atoms with E-state index in [-0.39, 0.29) is 6.04 Å². The van der Waals surface area contributed by atoms with Gasteiger partial charge in [0.2, 0.25) is 10.0 Å². The molecule has 0 aliphatic carbocycles. The van der Waals surface area contributed by atoms with E-state index in [0.717, 1.165) is 12.8 Å². The minimum atomic E-state index is -3.41. The van der Waals surface area contributed by atoms with Gasteiger partial charge in [0.05, 0.1) is 4.90 Å². The van der Waals surface area contributed by atoms with Gasteiger partial charge in [-0.3, -0.25) is 0 Å². The van der Waals surface area contributed by atoms with Gasteiger partial charge >= 0.3 is 0 Å². The van der Waals surface area contributed by atoms with Crippen molar-refractivity contribution in [3.8, 4) is 0 Å². The van der Waals surface area contributed by atoms with Crippen LogP contribution in [0.2, 0.25) is 0 Å². The topological polar surface area (TPSA) is 46.2 Å². The van der Waals surface area contributed by atoms with E-state index in [0.29, 0.717) is 9.37 Å². The van der Waals surface area contributed by atoms with Crippen LogP contribution in [0, 0.1) is 0 Å². The van der Waals surface area contributed by atoms with Gasteiger partial charge in [0.25, 0.3) is 0 Å². The van der Waals surface area contributed by atoms with Gasteiger partial charge in [-0.15, -0.1) is 0 Å². The molecule has 1 aromatic carbocycles. The van der Waals surface area contributed by atoms with Crippen LogP contribution >= 0.6 is 15.9 Å². The van der Waals surface area contributed by atoms with Gasteiger partial charge in [0.1, 0.15) is 0 Å². The number of sulfonamides is 1. The predicted octanol–water partition coefficient (Wildman–Crippen LogP) is 2.92. The summed E-state index contributed by atoms with van der Waals surface area (Å²) in [6.07, 6.45) is 1.58. The summed E-state index contributed by atoms with van der Waals surface area (Å²) in [6.45, 7) is 3.94. The normalized spacial score (nSPS) is 12.0. The van der Waals surface area contributed by atoms with Crippen molar-refractivity contribution in [1.29, 1.82) is 0 Å². The number of nitrogens with one attached hydrogen (secondary N) is 1. The third kappa shape index (κ3) is 3.30. The Balaban J connectivity index is 2.99. The highest BCUT2D eigenvalue weighted by Crippen LogP contribution is 2.21. The third-order valence-electron chi connectivity index (χ3n) is 2.43. The molecule has 0 spiro atoms. The average Bonchev–Trinajstić information content (AvgIpc) is 2.26. The van der Waals surface area contributed by atoms with Crippen molar-refractivity contribution < 1.29 is 8.42 Å². The van der Waals surface area contributed by atoms with Gasteiger partial charge < -0.3 is 0 Å². The van der Waals surface area contributed by atoms with Crippen LogP contribution in [0.25, 0.3) is 0 Å². The van der Waals surface area contributed by atoms with Crippen LogP contribution in [-0.4, -0.2) is 14.5 Å². The first-order valence-electron chi connectivity index (χ1n) is 5.28. The summed E-state index contributed by atoms with van der Waals surface area (Å²) in [6, 6.07) is 6.82. The zero-order valence-corrected chi connectivity index (χ0v) is 11.8. The van der Waals surface area contributed by atoms with Crippen LogP contribution < -0.4 is 4.72 Å². The number of benzene rings is 1. The Labute approximate surface area is 105 Å². The molecule has 0 saturated heterocycles. The van der Waals surface area contributed by atoms with Gasteiger partial charge in [-0.05, 0) is 40.9 Å². The molecule has 0 fully saturated rings. The standard InChI is InChI=1S/C11H16BrNO2S/c1-3-9(4-2)13-16(14,15)11-8-6-5-7-10(11)12/h5-9,13H,3-4H2,1-2H3. The van der Waals surface area contributed by atoms with Crippen molar-refractivity contribution in [3.63, 3.8) is 0 Å². The maximum atomic E-state index is 12.0. The summed E-state index contributed by atoms with van der Waals surface area (Å²) in [4.78, 5) is 0.293. The molecule has 0 unspecified atom stereocenters. The zero-order valence-electron chi connectivity index (χ0n) is 9.40. The fourth-order valence-corrected chi connectivity index (χ4v) is 3.81. The van der Waals surface area contributed by atoms with Crippen LogP contribution in [0.4, 0.5) is 0 Å². The molecular weight excluding hydrogens is 290 g/mol. The van der Waals surface area contributed by atoms with Crippen molar-refractivity contribution in [3.05, 3.63) is 28.7 Å². The molecule has 1 aromatic rings. The van der Waals surface area contributed by atoms with Crippen molar-refractivity contribution in [1.82, 2.24) is 4.72 Å². The number of hydrogen-bond acceptors (Lipinski definition) is 2. The molecule has 0 radical (unpaired) electrons. The van der Waals surface area contributed by atoms with E-state index in [1.165, 1.54) is 0 Å². The Morgan fingerprint density at radius 2 is 1.81 bits per heavy atom. The van der Waals surface area contributed by atoms with Crippen LogP contribution in [0.1, 0.15) is 26.7 Å². The molecule has 0 aromatic heterocycles. The molecule has 0 amide bonds. The first-order chi connectivity index (χ1) is 7.51. The summed E-state index contributed by atoms with van der Waals surface area (Å²) in [5.74, 6) is 0. The summed E-state index contributed by atoms with van der Waals surface area (Å²) in [5, 5.41) is 0. The highest BCUT2D eigenvalue weighted by Gasteiger charge is 2.19. The highest BCUT2D eigenvalue weighted by atomic mass is 79.9. The van der Waals surface area contributed by atoms with Gasteiger partial charge in [-0.1, -0.05) is 26.0 Å². The lowest BCUT2D eigenvalue weighted by molar-refractivity contribution is 0.530. The molecule has 0 saturated carbocycles. The van der Waals surface area contributed by atoms with E-state index in [2.05, 4.69) is 20.7 Å². The van der Waals surface area contributed by atoms with Crippen molar-refractivity contribution in [2.75, 3.05) is 0 Å². The summed E-state index contributed by atoms with van der Waals surface area (Å²) in [5.41, 5.74) is 0. The van der Waals surface area contributed by atoms with Gasteiger partial charge in [0, 0.05) is 10.5 Å². The first kappa shape index (κ1) is 13.7. The Bertz CT molecular complexity index is 441. The highest BCUT2D eigenvalue weighted by molar-refractivity contribution is 9.10. The second-order valence-electron chi connectivity index (χ2n) is 3.57. The summed E-state index contributed by atoms with van der Waals surface area (Å²) < 4.78 is 27.4. The molecule has 0 heterocycles. The van der Waals surface area contributed by atoms with E-state index in [1.807, 2.05) is 13.8 Å². The molecular formula is C11H16BrNO2S. The predicted molar refractivity (Wildman–Crippen MR) is 68.8 cm³/mol. The smallest absolute Gasteiger partial charge is 0.208 e. The molecule has 3 nitrogen and oxygen atoms in total. The van der Waals surface area contributed by atoms with Gasteiger partial charge in [0.15, 0.2) is 0 Å². The Morgan fingerprint density at radius 3 is 2.31 bits per heavy atom. The van der Waals surface area contributed by atoms with E-state index < -0.39 is 10.0 Å². The van der Waals surface area contributed by atoms with Crippen LogP contribution in [0.15, 0.2) is 33.6 Å². The quantitative estimate of drug-likeness (QED) is 0.909. The van der Waals surface area contributed by atoms with E-state index >= 15 is 0 Å². The molecule has 1 N–H and O–H groups in total. The van der Waals surface area contributed by atoms with Gasteiger partial charge in [-0.25, -0.2) is 13.1 Å². The largest absolute Gasteiger partial charge is 0.241 e. The second-order valence-corrected chi connectivity index (χ2v) is 6.10. The lowest BCUT2D eigenvalue weighted by atomic mass is 10.2. The van der Waals surface area contributed by atoms with Crippen molar-refractivity contribution in [2.45, 2.75) is 37.6 Å². The SMILES string of the molecule is CCC(CC)NS(=O)(=O)c1ccccc1Br. The summed E-state index contributed by atoms with van der Waals surface area (Å²) in [7, 11) is -3.41. The van der Waals surface area contributed by atoms with E-state index in [1.54, 1.807) is 24.3 Å². The average molecular weight is 306 g/mol. The monoisotopic (exact) mass is 305 g/mol. The molecule has 0 aliphatic rings. The number of hydrogen-bond donors (Lipinski definition) is 1. The lowest BCUT2D eigenvalue weighted by Gasteiger charge is -2.15. The summed E-state index contributed by atoms with van der Waals surface area (Å²) >= 11 is 3.25. The van der Waals surface area contributed by atoms with E-state index in [9.17, 15) is 8.42 Å². The Hall–Kier alpha value is -0.390. The first-order valence-corrected chi connectivity index (χ1v) is 7.55. The maximum absolute atomic E-state index is 12.0. The van der Waals surface area contributed by atoms with Crippen molar-refractivity contribution in [2.24, 2.45) is 0 Å². The molecule has 0 atom stereocenters. The molecule has 90 valence electrons. The van der Waals surface area contributed by atoms with Gasteiger partial charge in [-0.2, -0.15) is 0 Å². The lowest BCUT2D eigenvalue weighted by Crippen LogP contribution is -2.33. The van der Waals surface area contributed by atoms with Crippen LogP contribution in [0.3, 0.4) is 0 Å². The maximum Gasteiger partial charge on any atom is 0.241 e. The molecule has 1 rings (SSSR count). The molecule has 0 aliphatic heterocycles. The third-order valence-corrected chi connectivity index (χ3v) is 4.97. The zero-order chi connectivity index (χ0) is 12.2. The molecule has 0 bridgehead atoms. The number of halogens is 1. The van der Waals surface area contributed by atoms with E-state index in [4.69, 9.17) is 0 Å². The molecule has 16 heavy (non-hydrogen) atoms. The minimum Gasteiger partial charge on any atom is -0.208 e. The fraction of sp³-hybridized carbons (Fsp3) is 0.455. The Morgan fingerprint density at radius 1 is 1.25 bits per heavy atom. The van der Waals surface area contributed by atoms with Crippen LogP contribution in [0.5, 0.6) is 0 Å². The fourth-order valence-electron chi connectivity index (χ4n) is 1.40. The van der Waals surface area contributed by atoms with Crippen molar-refractivity contribution >= 4 is 26.0 Å².